The molecule has 2 aromatic rings. The number of hydrogen-bond donors (Lipinski definition) is 0. The third-order valence-electron chi connectivity index (χ3n) is 4.21. The number of carbonyl (C=O) groups excluding carboxylic acids is 1. The van der Waals surface area contributed by atoms with E-state index in [0.29, 0.717) is 23.7 Å². The van der Waals surface area contributed by atoms with E-state index in [1.807, 2.05) is 0 Å². The molecule has 3 rings (SSSR count). The monoisotopic (exact) mass is 338 g/mol. The molecule has 0 bridgehead atoms. The lowest BCUT2D eigenvalue weighted by molar-refractivity contribution is -0.143. The number of pyridine rings is 1. The lowest BCUT2D eigenvalue weighted by Gasteiger charge is -2.30. The maximum atomic E-state index is 13.6. The highest BCUT2D eigenvalue weighted by Gasteiger charge is 2.41. The minimum absolute atomic E-state index is 0.0242. The van der Waals surface area contributed by atoms with Crippen LogP contribution in [0.4, 0.5) is 13.2 Å². The molecule has 1 fully saturated rings. The summed E-state index contributed by atoms with van der Waals surface area (Å²) in [6.45, 7) is 3.00. The zero-order valence-corrected chi connectivity index (χ0v) is 13.1. The topological polar surface area (TPSA) is 51.0 Å². The molecule has 5 nitrogen and oxygen atoms in total. The molecule has 0 saturated carbocycles. The van der Waals surface area contributed by atoms with Crippen LogP contribution in [0.2, 0.25) is 0 Å². The third kappa shape index (κ3) is 3.13. The first kappa shape index (κ1) is 16.5. The van der Waals surface area contributed by atoms with Crippen LogP contribution in [-0.2, 0) is 6.18 Å². The number of piperidine rings is 1. The number of carbonyl (C=O) groups is 1. The molecule has 1 saturated heterocycles. The summed E-state index contributed by atoms with van der Waals surface area (Å²) in [4.78, 5) is 17.9. The van der Waals surface area contributed by atoms with Gasteiger partial charge in [-0.1, -0.05) is 13.0 Å². The van der Waals surface area contributed by atoms with Gasteiger partial charge < -0.3 is 4.90 Å². The zero-order valence-electron chi connectivity index (χ0n) is 13.1. The number of amides is 1. The Hall–Kier alpha value is -2.38. The molecule has 0 aliphatic carbocycles. The van der Waals surface area contributed by atoms with Gasteiger partial charge in [-0.3, -0.25) is 4.79 Å². The van der Waals surface area contributed by atoms with Crippen molar-refractivity contribution in [3.05, 3.63) is 41.9 Å². The minimum atomic E-state index is -4.71. The molecule has 8 heteroatoms. The lowest BCUT2D eigenvalue weighted by atomic mass is 9.98. The average Bonchev–Trinajstić information content (AvgIpc) is 3.01. The number of hydrogen-bond acceptors (Lipinski definition) is 3. The van der Waals surface area contributed by atoms with E-state index in [9.17, 15) is 18.0 Å². The molecule has 1 aliphatic heterocycles. The molecular weight excluding hydrogens is 321 g/mol. The summed E-state index contributed by atoms with van der Waals surface area (Å²) >= 11 is 0. The predicted molar refractivity (Wildman–Crippen MR) is 80.7 cm³/mol. The van der Waals surface area contributed by atoms with Gasteiger partial charge in [0.2, 0.25) is 0 Å². The van der Waals surface area contributed by atoms with Gasteiger partial charge in [-0.25, -0.2) is 9.67 Å². The van der Waals surface area contributed by atoms with Crippen molar-refractivity contribution in [3.63, 3.8) is 0 Å². The smallest absolute Gasteiger partial charge is 0.339 e. The summed E-state index contributed by atoms with van der Waals surface area (Å²) in [6.07, 6.45) is -0.756. The SMILES string of the molecule is CC1CCN(C(=O)c2cnn(-c3ccccn3)c2C(F)(F)F)CC1. The predicted octanol–water partition coefficient (Wildman–Crippen LogP) is 3.16. The first-order valence-electron chi connectivity index (χ1n) is 7.74. The van der Waals surface area contributed by atoms with Gasteiger partial charge in [-0.05, 0) is 30.9 Å². The fourth-order valence-corrected chi connectivity index (χ4v) is 2.81. The summed E-state index contributed by atoms with van der Waals surface area (Å²) in [5, 5.41) is 3.77. The summed E-state index contributed by atoms with van der Waals surface area (Å²) in [5.74, 6) is -0.125. The number of halogens is 3. The van der Waals surface area contributed by atoms with Gasteiger partial charge in [0.05, 0.1) is 11.8 Å². The van der Waals surface area contributed by atoms with Crippen molar-refractivity contribution >= 4 is 5.91 Å². The molecule has 0 aromatic carbocycles. The van der Waals surface area contributed by atoms with E-state index in [4.69, 9.17) is 0 Å². The van der Waals surface area contributed by atoms with Gasteiger partial charge in [0, 0.05) is 19.3 Å². The van der Waals surface area contributed by atoms with Gasteiger partial charge in [0.15, 0.2) is 11.5 Å². The molecule has 1 amide bonds. The fraction of sp³-hybridized carbons (Fsp3) is 0.438. The van der Waals surface area contributed by atoms with Crippen LogP contribution in [0.3, 0.4) is 0 Å². The molecule has 0 unspecified atom stereocenters. The maximum absolute atomic E-state index is 13.6. The number of nitrogens with zero attached hydrogens (tertiary/aromatic N) is 4. The molecule has 2 aromatic heterocycles. The summed E-state index contributed by atoms with van der Waals surface area (Å²) in [6, 6.07) is 4.58. The Morgan fingerprint density at radius 1 is 1.25 bits per heavy atom. The molecule has 24 heavy (non-hydrogen) atoms. The van der Waals surface area contributed by atoms with E-state index in [-0.39, 0.29) is 5.82 Å². The summed E-state index contributed by atoms with van der Waals surface area (Å²) in [5.41, 5.74) is -1.51. The van der Waals surface area contributed by atoms with Crippen LogP contribution in [0, 0.1) is 5.92 Å². The Labute approximate surface area is 137 Å². The number of likely N-dealkylation sites (tertiary alicyclic amines) is 1. The molecule has 0 spiro atoms. The van der Waals surface area contributed by atoms with E-state index in [1.54, 1.807) is 12.1 Å². The van der Waals surface area contributed by atoms with Crippen LogP contribution in [0.1, 0.15) is 35.8 Å². The normalized spacial score (nSPS) is 16.4. The zero-order chi connectivity index (χ0) is 17.3. The van der Waals surface area contributed by atoms with Crippen LogP contribution in [0.25, 0.3) is 5.82 Å². The molecule has 0 N–H and O–H groups in total. The molecule has 3 heterocycles. The Bertz CT molecular complexity index is 719. The molecule has 128 valence electrons. The molecule has 1 aliphatic rings. The van der Waals surface area contributed by atoms with Gasteiger partial charge in [-0.2, -0.15) is 18.3 Å². The van der Waals surface area contributed by atoms with Crippen LogP contribution in [0.5, 0.6) is 0 Å². The van der Waals surface area contributed by atoms with Gasteiger partial charge >= 0.3 is 6.18 Å². The Morgan fingerprint density at radius 3 is 2.54 bits per heavy atom. The van der Waals surface area contributed by atoms with Crippen molar-refractivity contribution in [1.82, 2.24) is 19.7 Å². The van der Waals surface area contributed by atoms with Crippen molar-refractivity contribution in [2.45, 2.75) is 25.9 Å². The average molecular weight is 338 g/mol. The molecule has 0 radical (unpaired) electrons. The van der Waals surface area contributed by atoms with Gasteiger partial charge in [0.25, 0.3) is 5.91 Å². The van der Waals surface area contributed by atoms with E-state index >= 15 is 0 Å². The summed E-state index contributed by atoms with van der Waals surface area (Å²) in [7, 11) is 0. The van der Waals surface area contributed by atoms with E-state index in [1.165, 1.54) is 17.2 Å². The van der Waals surface area contributed by atoms with Crippen LogP contribution < -0.4 is 0 Å². The van der Waals surface area contributed by atoms with Crippen molar-refractivity contribution in [2.24, 2.45) is 5.92 Å². The largest absolute Gasteiger partial charge is 0.434 e. The Morgan fingerprint density at radius 2 is 1.96 bits per heavy atom. The number of aromatic nitrogens is 3. The van der Waals surface area contributed by atoms with Crippen molar-refractivity contribution in [1.29, 1.82) is 0 Å². The van der Waals surface area contributed by atoms with Gasteiger partial charge in [0.1, 0.15) is 0 Å². The number of alkyl halides is 3. The van der Waals surface area contributed by atoms with Crippen LogP contribution in [-0.4, -0.2) is 38.7 Å². The van der Waals surface area contributed by atoms with Crippen LogP contribution >= 0.6 is 0 Å². The standard InChI is InChI=1S/C16H17F3N4O/c1-11-5-8-22(9-6-11)15(24)12-10-21-23(14(12)16(17,18)19)13-4-2-3-7-20-13/h2-4,7,10-11H,5-6,8-9H2,1H3. The minimum Gasteiger partial charge on any atom is -0.339 e. The van der Waals surface area contributed by atoms with Crippen molar-refractivity contribution in [2.75, 3.05) is 13.1 Å². The Balaban J connectivity index is 2.00. The lowest BCUT2D eigenvalue weighted by Crippen LogP contribution is -2.38. The molecular formula is C16H17F3N4O. The highest BCUT2D eigenvalue weighted by molar-refractivity contribution is 5.95. The summed E-state index contributed by atoms with van der Waals surface area (Å²) < 4.78 is 41.4. The van der Waals surface area contributed by atoms with E-state index in [2.05, 4.69) is 17.0 Å². The Kier molecular flexibility index (Phi) is 4.29. The highest BCUT2D eigenvalue weighted by atomic mass is 19.4. The molecule has 0 atom stereocenters. The van der Waals surface area contributed by atoms with Crippen LogP contribution in [0.15, 0.2) is 30.6 Å². The van der Waals surface area contributed by atoms with Crippen molar-refractivity contribution < 1.29 is 18.0 Å². The second-order valence-electron chi connectivity index (χ2n) is 5.98. The van der Waals surface area contributed by atoms with Gasteiger partial charge in [-0.15, -0.1) is 0 Å². The first-order chi connectivity index (χ1) is 11.4. The fourth-order valence-electron chi connectivity index (χ4n) is 2.81. The van der Waals surface area contributed by atoms with Crippen molar-refractivity contribution in [3.8, 4) is 5.82 Å². The second kappa shape index (κ2) is 6.26. The third-order valence-corrected chi connectivity index (χ3v) is 4.21. The highest BCUT2D eigenvalue weighted by Crippen LogP contribution is 2.34. The maximum Gasteiger partial charge on any atom is 0.434 e. The first-order valence-corrected chi connectivity index (χ1v) is 7.74. The number of rotatable bonds is 2. The quantitative estimate of drug-likeness (QED) is 0.845. The second-order valence-corrected chi connectivity index (χ2v) is 5.98. The van der Waals surface area contributed by atoms with E-state index in [0.717, 1.165) is 19.0 Å². The van der Waals surface area contributed by atoms with E-state index < -0.39 is 23.3 Å².